The number of aromatic carboxylic acids is 1. The van der Waals surface area contributed by atoms with Gasteiger partial charge in [0.1, 0.15) is 5.75 Å². The molecule has 0 saturated heterocycles. The van der Waals surface area contributed by atoms with Crippen LogP contribution in [-0.2, 0) is 33.7 Å². The second-order valence-electron chi connectivity index (χ2n) is 12.0. The molecule has 0 bridgehead atoms. The Labute approximate surface area is 262 Å². The zero-order valence-corrected chi connectivity index (χ0v) is 26.6. The number of carbonyl (C=O) groups excluding carboxylic acids is 2. The van der Waals surface area contributed by atoms with Crippen LogP contribution < -0.4 is 4.74 Å². The van der Waals surface area contributed by atoms with Gasteiger partial charge in [-0.25, -0.2) is 4.79 Å². The first-order chi connectivity index (χ1) is 21.1. The van der Waals surface area contributed by atoms with Crippen molar-refractivity contribution in [2.45, 2.75) is 72.8 Å². The van der Waals surface area contributed by atoms with Gasteiger partial charge in [0.2, 0.25) is 0 Å². The lowest BCUT2D eigenvalue weighted by Gasteiger charge is -2.28. The summed E-state index contributed by atoms with van der Waals surface area (Å²) in [6.45, 7) is 9.20. The average molecular weight is 602 g/mol. The van der Waals surface area contributed by atoms with E-state index in [2.05, 4.69) is 35.2 Å². The van der Waals surface area contributed by atoms with Crippen molar-refractivity contribution in [2.24, 2.45) is 5.41 Å². The summed E-state index contributed by atoms with van der Waals surface area (Å²) in [7, 11) is 0. The Hall–Kier alpha value is -3.97. The molecule has 0 radical (unpaired) electrons. The van der Waals surface area contributed by atoms with E-state index < -0.39 is 11.4 Å². The highest BCUT2D eigenvalue weighted by Crippen LogP contribution is 2.25. The molecule has 7 nitrogen and oxygen atoms in total. The molecule has 0 atom stereocenters. The van der Waals surface area contributed by atoms with Gasteiger partial charge in [-0.05, 0) is 80.3 Å². The zero-order valence-electron chi connectivity index (χ0n) is 26.6. The number of aryl methyl sites for hydroxylation is 2. The number of unbranched alkanes of at least 4 members (excludes halogenated alkanes) is 2. The SMILES string of the molecule is CCOC(=O)CC(C)(C)C(=O)CN(CCc1ccccc1OCCCCCc1ccccc1)Cc1ccc(C(=O)O)c(C)c1. The number of carboxylic acids is 1. The lowest BCUT2D eigenvalue weighted by Crippen LogP contribution is -2.39. The number of esters is 1. The molecule has 0 saturated carbocycles. The number of rotatable bonds is 19. The van der Waals surface area contributed by atoms with Crippen molar-refractivity contribution >= 4 is 17.7 Å². The molecule has 0 aliphatic rings. The smallest absolute Gasteiger partial charge is 0.335 e. The van der Waals surface area contributed by atoms with Gasteiger partial charge in [0.15, 0.2) is 5.78 Å². The van der Waals surface area contributed by atoms with Gasteiger partial charge >= 0.3 is 11.9 Å². The number of hydrogen-bond donors (Lipinski definition) is 1. The summed E-state index contributed by atoms with van der Waals surface area (Å²) >= 11 is 0. The number of benzene rings is 3. The molecule has 0 aliphatic heterocycles. The molecule has 7 heteroatoms. The summed E-state index contributed by atoms with van der Waals surface area (Å²) in [5, 5.41) is 9.44. The molecule has 1 N–H and O–H groups in total. The highest BCUT2D eigenvalue weighted by Gasteiger charge is 2.32. The molecule has 3 aromatic carbocycles. The number of para-hydroxylation sites is 1. The van der Waals surface area contributed by atoms with Gasteiger partial charge < -0.3 is 14.6 Å². The van der Waals surface area contributed by atoms with E-state index in [0.717, 1.165) is 42.6 Å². The van der Waals surface area contributed by atoms with Crippen molar-refractivity contribution in [1.29, 1.82) is 0 Å². The molecular formula is C37H47NO6. The van der Waals surface area contributed by atoms with E-state index in [9.17, 15) is 19.5 Å². The Morgan fingerprint density at radius 1 is 0.864 bits per heavy atom. The molecule has 0 unspecified atom stereocenters. The van der Waals surface area contributed by atoms with Crippen molar-refractivity contribution in [2.75, 3.05) is 26.3 Å². The standard InChI is InChI=1S/C37H47NO6/c1-5-43-35(40)25-37(3,4)34(39)27-38(26-30-19-20-32(36(41)42)28(2)24-30)22-21-31-17-11-12-18-33(31)44-23-13-7-10-16-29-14-8-6-9-15-29/h6,8-9,11-12,14-15,17-20,24H,5,7,10,13,16,21-23,25-27H2,1-4H3,(H,41,42). The molecule has 0 spiro atoms. The number of nitrogens with zero attached hydrogens (tertiary/aromatic N) is 1. The maximum absolute atomic E-state index is 13.5. The molecule has 0 aromatic heterocycles. The average Bonchev–Trinajstić information content (AvgIpc) is 2.98. The van der Waals surface area contributed by atoms with Crippen LogP contribution in [0.25, 0.3) is 0 Å². The summed E-state index contributed by atoms with van der Waals surface area (Å²) in [6, 6.07) is 23.8. The number of ether oxygens (including phenoxy) is 2. The first kappa shape index (κ1) is 34.5. The van der Waals surface area contributed by atoms with Crippen molar-refractivity contribution < 1.29 is 29.0 Å². The fourth-order valence-corrected chi connectivity index (χ4v) is 5.19. The highest BCUT2D eigenvalue weighted by molar-refractivity contribution is 5.90. The largest absolute Gasteiger partial charge is 0.493 e. The van der Waals surface area contributed by atoms with Crippen molar-refractivity contribution in [3.8, 4) is 5.75 Å². The highest BCUT2D eigenvalue weighted by atomic mass is 16.5. The molecule has 3 rings (SSSR count). The number of carbonyl (C=O) groups is 3. The number of carboxylic acid groups (broad SMARTS) is 1. The normalized spacial score (nSPS) is 11.4. The van der Waals surface area contributed by atoms with Gasteiger partial charge in [0, 0.05) is 18.5 Å². The Balaban J connectivity index is 1.64. The quantitative estimate of drug-likeness (QED) is 0.116. The Bertz CT molecular complexity index is 1370. The number of Topliss-reactive ketones (excluding diaryl/α,β-unsaturated/α-hetero) is 1. The maximum Gasteiger partial charge on any atom is 0.335 e. The number of hydrogen-bond acceptors (Lipinski definition) is 6. The Morgan fingerprint density at radius 3 is 2.30 bits per heavy atom. The number of ketones is 1. The van der Waals surface area contributed by atoms with Gasteiger partial charge in [-0.15, -0.1) is 0 Å². The topological polar surface area (TPSA) is 93.1 Å². The van der Waals surface area contributed by atoms with Crippen LogP contribution in [0.15, 0.2) is 72.8 Å². The Kier molecular flexibility index (Phi) is 13.6. The van der Waals surface area contributed by atoms with Crippen LogP contribution in [0.3, 0.4) is 0 Å². The van der Waals surface area contributed by atoms with Crippen LogP contribution in [0, 0.1) is 12.3 Å². The third-order valence-corrected chi connectivity index (χ3v) is 7.82. The van der Waals surface area contributed by atoms with Gasteiger partial charge in [-0.1, -0.05) is 74.5 Å². The van der Waals surface area contributed by atoms with E-state index in [4.69, 9.17) is 9.47 Å². The van der Waals surface area contributed by atoms with E-state index in [-0.39, 0.29) is 36.9 Å². The van der Waals surface area contributed by atoms with E-state index in [0.29, 0.717) is 31.7 Å². The van der Waals surface area contributed by atoms with Crippen LogP contribution in [0.4, 0.5) is 0 Å². The molecule has 44 heavy (non-hydrogen) atoms. The predicted molar refractivity (Wildman–Crippen MR) is 173 cm³/mol. The summed E-state index contributed by atoms with van der Waals surface area (Å²) in [6.07, 6.45) is 4.94. The lowest BCUT2D eigenvalue weighted by atomic mass is 9.84. The minimum Gasteiger partial charge on any atom is -0.493 e. The molecule has 3 aromatic rings. The second kappa shape index (κ2) is 17.4. The summed E-state index contributed by atoms with van der Waals surface area (Å²) < 4.78 is 11.3. The van der Waals surface area contributed by atoms with Crippen LogP contribution in [0.1, 0.15) is 79.1 Å². The minimum atomic E-state index is -0.963. The van der Waals surface area contributed by atoms with Crippen LogP contribution in [0.2, 0.25) is 0 Å². The monoisotopic (exact) mass is 601 g/mol. The summed E-state index contributed by atoms with van der Waals surface area (Å²) in [5.41, 5.74) is 3.40. The van der Waals surface area contributed by atoms with Gasteiger partial charge in [-0.2, -0.15) is 0 Å². The van der Waals surface area contributed by atoms with E-state index in [1.807, 2.05) is 30.3 Å². The first-order valence-corrected chi connectivity index (χ1v) is 15.6. The molecule has 0 fully saturated rings. The van der Waals surface area contributed by atoms with Gasteiger partial charge in [0.25, 0.3) is 0 Å². The fourth-order valence-electron chi connectivity index (χ4n) is 5.19. The van der Waals surface area contributed by atoms with E-state index in [1.165, 1.54) is 5.56 Å². The van der Waals surface area contributed by atoms with Gasteiger partial charge in [-0.3, -0.25) is 14.5 Å². The molecular weight excluding hydrogens is 554 g/mol. The lowest BCUT2D eigenvalue weighted by molar-refractivity contribution is -0.148. The van der Waals surface area contributed by atoms with Crippen molar-refractivity contribution in [3.05, 3.63) is 101 Å². The van der Waals surface area contributed by atoms with Crippen molar-refractivity contribution in [1.82, 2.24) is 4.90 Å². The van der Waals surface area contributed by atoms with Crippen LogP contribution in [0.5, 0.6) is 5.75 Å². The molecule has 0 heterocycles. The second-order valence-corrected chi connectivity index (χ2v) is 12.0. The minimum absolute atomic E-state index is 0.0158. The van der Waals surface area contributed by atoms with Gasteiger partial charge in [0.05, 0.1) is 31.7 Å². The maximum atomic E-state index is 13.5. The van der Waals surface area contributed by atoms with Crippen molar-refractivity contribution in [3.63, 3.8) is 0 Å². The molecule has 0 aliphatic carbocycles. The fraction of sp³-hybridized carbons (Fsp3) is 0.432. The predicted octanol–water partition coefficient (Wildman–Crippen LogP) is 7.08. The third-order valence-electron chi connectivity index (χ3n) is 7.82. The molecule has 0 amide bonds. The third kappa shape index (κ3) is 11.3. The van der Waals surface area contributed by atoms with Crippen LogP contribution in [-0.4, -0.2) is 54.0 Å². The zero-order chi connectivity index (χ0) is 32.0. The summed E-state index contributed by atoms with van der Waals surface area (Å²) in [5.74, 6) is -0.548. The summed E-state index contributed by atoms with van der Waals surface area (Å²) in [4.78, 5) is 39.2. The molecule has 236 valence electrons. The Morgan fingerprint density at radius 2 is 1.59 bits per heavy atom. The van der Waals surface area contributed by atoms with E-state index >= 15 is 0 Å². The van der Waals surface area contributed by atoms with E-state index in [1.54, 1.807) is 39.8 Å². The van der Waals surface area contributed by atoms with Crippen LogP contribution >= 0.6 is 0 Å². The first-order valence-electron chi connectivity index (χ1n) is 15.6.